The molecule has 8 aromatic rings. The summed E-state index contributed by atoms with van der Waals surface area (Å²) >= 11 is 0. The van der Waals surface area contributed by atoms with Gasteiger partial charge in [-0.05, 0) is 58.6 Å². The SMILES string of the molecule is [2H]C([2H])([2H])c1ccnc(-c2[c-]ccc3c2oc2cc(-c4ccccc4)ccc23)c1.[2H]C([2H])(c1ccccc1)c1cc(-c2[c-]cccc2)ncc1[Si](C)(C)C.[Ir]. The summed E-state index contributed by atoms with van der Waals surface area (Å²) in [5.74, 6) is 0. The molecule has 0 amide bonds. The Morgan fingerprint density at radius 2 is 1.50 bits per heavy atom. The molecular weight excluding hydrogens is 805 g/mol. The van der Waals surface area contributed by atoms with E-state index < -0.39 is 21.3 Å². The third-order valence-corrected chi connectivity index (χ3v) is 10.3. The molecule has 3 heterocycles. The van der Waals surface area contributed by atoms with Crippen LogP contribution in [0.2, 0.25) is 19.6 Å². The summed E-state index contributed by atoms with van der Waals surface area (Å²) in [6.07, 6.45) is 1.82. The van der Waals surface area contributed by atoms with Gasteiger partial charge in [-0.15, -0.1) is 54.1 Å². The first-order valence-corrected chi connectivity index (χ1v) is 19.7. The van der Waals surface area contributed by atoms with Gasteiger partial charge in [-0.3, -0.25) is 0 Å². The molecule has 0 aliphatic carbocycles. The predicted molar refractivity (Wildman–Crippen MR) is 207 cm³/mol. The predicted octanol–water partition coefficient (Wildman–Crippen LogP) is 11.1. The largest absolute Gasteiger partial charge is 0.501 e. The van der Waals surface area contributed by atoms with Gasteiger partial charge < -0.3 is 14.4 Å². The molecule has 0 N–H and O–H groups in total. The fraction of sp³-hybridized carbons (Fsp3) is 0.111. The van der Waals surface area contributed by atoms with E-state index in [0.717, 1.165) is 49.5 Å². The van der Waals surface area contributed by atoms with Gasteiger partial charge in [-0.1, -0.05) is 127 Å². The molecule has 3 aromatic heterocycles. The summed E-state index contributed by atoms with van der Waals surface area (Å²) in [6, 6.07) is 48.5. The van der Waals surface area contributed by atoms with Crippen molar-refractivity contribution in [3.05, 3.63) is 175 Å². The van der Waals surface area contributed by atoms with Gasteiger partial charge in [0.2, 0.25) is 0 Å². The summed E-state index contributed by atoms with van der Waals surface area (Å²) in [5, 5.41) is 3.01. The van der Waals surface area contributed by atoms with Crippen LogP contribution in [0.5, 0.6) is 0 Å². The number of rotatable bonds is 6. The molecule has 8 rings (SSSR count). The minimum atomic E-state index is -2.19. The number of benzene rings is 5. The fourth-order valence-corrected chi connectivity index (χ4v) is 7.24. The number of pyridine rings is 2. The number of aromatic nitrogens is 2. The molecule has 0 bridgehead atoms. The molecule has 1 radical (unpaired) electrons. The molecule has 0 aliphatic heterocycles. The minimum absolute atomic E-state index is 0. The van der Waals surface area contributed by atoms with Gasteiger partial charge in [0, 0.05) is 44.7 Å². The molecule has 5 aromatic carbocycles. The third-order valence-electron chi connectivity index (χ3n) is 8.31. The van der Waals surface area contributed by atoms with Gasteiger partial charge >= 0.3 is 0 Å². The van der Waals surface area contributed by atoms with E-state index in [1.165, 1.54) is 12.3 Å². The zero-order valence-corrected chi connectivity index (χ0v) is 31.4. The zero-order valence-electron chi connectivity index (χ0n) is 33.0. The van der Waals surface area contributed by atoms with Gasteiger partial charge in [0.15, 0.2) is 0 Å². The molecule has 3 nitrogen and oxygen atoms in total. The van der Waals surface area contributed by atoms with Crippen molar-refractivity contribution in [1.29, 1.82) is 0 Å². The van der Waals surface area contributed by atoms with Crippen LogP contribution in [0.4, 0.5) is 0 Å². The van der Waals surface area contributed by atoms with E-state index in [1.807, 2.05) is 103 Å². The third kappa shape index (κ3) is 7.77. The standard InChI is InChI=1S/C24H16NO.C21H22NSi.Ir/c1-16-12-13-25-22(14-16)21-9-5-8-20-19-11-10-18(15-23(19)26-24(20)21)17-6-3-2-4-7-17;1-23(2,3)21-16-22-20(18-12-8-5-9-13-18)15-19(21)14-17-10-6-4-7-11-17;/h2-8,10-15H,1H3;4-12,15-16H,14H2,1-3H3;/q2*-1;/i1D3;14D2;. The van der Waals surface area contributed by atoms with E-state index >= 15 is 0 Å². The van der Waals surface area contributed by atoms with E-state index in [-0.39, 0.29) is 25.7 Å². The Morgan fingerprint density at radius 1 is 0.720 bits per heavy atom. The van der Waals surface area contributed by atoms with E-state index in [4.69, 9.17) is 11.3 Å². The van der Waals surface area contributed by atoms with Crippen molar-refractivity contribution < 1.29 is 31.4 Å². The number of nitrogens with zero attached hydrogens (tertiary/aromatic N) is 2. The number of hydrogen-bond donors (Lipinski definition) is 0. The van der Waals surface area contributed by atoms with Crippen molar-refractivity contribution in [3.8, 4) is 33.6 Å². The van der Waals surface area contributed by atoms with Crippen molar-refractivity contribution in [3.63, 3.8) is 0 Å². The molecule has 249 valence electrons. The van der Waals surface area contributed by atoms with Crippen molar-refractivity contribution in [2.45, 2.75) is 32.9 Å². The van der Waals surface area contributed by atoms with Crippen LogP contribution < -0.4 is 5.19 Å². The second-order valence-corrected chi connectivity index (χ2v) is 17.9. The number of hydrogen-bond acceptors (Lipinski definition) is 3. The summed E-state index contributed by atoms with van der Waals surface area (Å²) in [5.41, 5.74) is 8.10. The summed E-state index contributed by atoms with van der Waals surface area (Å²) in [6.45, 7) is 4.48. The Balaban J connectivity index is 0.000000186. The number of fused-ring (bicyclic) bond motifs is 3. The Kier molecular flexibility index (Phi) is 8.84. The second kappa shape index (κ2) is 15.3. The first-order valence-electron chi connectivity index (χ1n) is 18.7. The molecule has 0 spiro atoms. The van der Waals surface area contributed by atoms with Crippen LogP contribution in [0.3, 0.4) is 0 Å². The monoisotopic (exact) mass is 848 g/mol. The summed E-state index contributed by atoms with van der Waals surface area (Å²) in [7, 11) is -1.76. The first kappa shape index (κ1) is 28.9. The molecule has 0 saturated carbocycles. The van der Waals surface area contributed by atoms with E-state index in [2.05, 4.69) is 66.0 Å². The van der Waals surface area contributed by atoms with Crippen molar-refractivity contribution in [2.75, 3.05) is 0 Å². The maximum Gasteiger partial charge on any atom is 0.121 e. The van der Waals surface area contributed by atoms with Gasteiger partial charge in [0.1, 0.15) is 5.58 Å². The van der Waals surface area contributed by atoms with E-state index in [1.54, 1.807) is 6.07 Å². The average molecular weight is 848 g/mol. The van der Waals surface area contributed by atoms with E-state index in [9.17, 15) is 0 Å². The smallest absolute Gasteiger partial charge is 0.121 e. The molecule has 0 unspecified atom stereocenters. The Hall–Kier alpha value is -4.93. The Labute approximate surface area is 316 Å². The van der Waals surface area contributed by atoms with Crippen molar-refractivity contribution in [1.82, 2.24) is 9.97 Å². The maximum atomic E-state index is 8.84. The molecule has 5 heteroatoms. The second-order valence-electron chi connectivity index (χ2n) is 12.8. The fourth-order valence-electron chi connectivity index (χ4n) is 5.84. The van der Waals surface area contributed by atoms with Crippen LogP contribution in [0, 0.1) is 19.0 Å². The number of furan rings is 1. The quantitative estimate of drug-likeness (QED) is 0.124. The zero-order chi connectivity index (χ0) is 38.1. The molecule has 0 aliphatic rings. The Morgan fingerprint density at radius 3 is 2.24 bits per heavy atom. The molecule has 0 fully saturated rings. The van der Waals surface area contributed by atoms with Crippen molar-refractivity contribution >= 4 is 35.2 Å². The average Bonchev–Trinajstić information content (AvgIpc) is 3.56. The normalized spacial score (nSPS) is 13.1. The minimum Gasteiger partial charge on any atom is -0.501 e. The number of aryl methyl sites for hydroxylation is 1. The van der Waals surface area contributed by atoms with Gasteiger partial charge in [0.25, 0.3) is 0 Å². The first-order chi connectivity index (χ1) is 25.8. The van der Waals surface area contributed by atoms with Gasteiger partial charge in [-0.2, -0.15) is 0 Å². The van der Waals surface area contributed by atoms with E-state index in [0.29, 0.717) is 22.4 Å². The summed E-state index contributed by atoms with van der Waals surface area (Å²) < 4.78 is 46.9. The van der Waals surface area contributed by atoms with Crippen LogP contribution in [-0.2, 0) is 26.5 Å². The molecule has 50 heavy (non-hydrogen) atoms. The molecular formula is C45H38IrN2OSi-2. The van der Waals surface area contributed by atoms with Crippen LogP contribution in [0.25, 0.3) is 55.6 Å². The summed E-state index contributed by atoms with van der Waals surface area (Å²) in [4.78, 5) is 8.99. The maximum absolute atomic E-state index is 8.84. The van der Waals surface area contributed by atoms with Gasteiger partial charge in [0.05, 0.1) is 13.7 Å². The van der Waals surface area contributed by atoms with Crippen molar-refractivity contribution in [2.24, 2.45) is 0 Å². The molecule has 0 atom stereocenters. The van der Waals surface area contributed by atoms with Crippen LogP contribution in [0.1, 0.15) is 23.5 Å². The Bertz CT molecular complexity index is 2550. The molecule has 0 saturated heterocycles. The van der Waals surface area contributed by atoms with Crippen LogP contribution >= 0.6 is 0 Å². The van der Waals surface area contributed by atoms with Crippen LogP contribution in [0.15, 0.2) is 150 Å². The van der Waals surface area contributed by atoms with Crippen LogP contribution in [-0.4, -0.2) is 18.0 Å². The van der Waals surface area contributed by atoms with Gasteiger partial charge in [-0.25, -0.2) is 0 Å². The topological polar surface area (TPSA) is 38.9 Å².